The Morgan fingerprint density at radius 1 is 1.20 bits per heavy atom. The normalized spacial score (nSPS) is 10.7. The number of amides is 1. The summed E-state index contributed by atoms with van der Waals surface area (Å²) in [6.07, 6.45) is 1.44. The van der Waals surface area contributed by atoms with Crippen LogP contribution in [0.1, 0.15) is 25.0 Å². The minimum Gasteiger partial charge on any atom is -0.310 e. The van der Waals surface area contributed by atoms with Gasteiger partial charge in [0.1, 0.15) is 11.9 Å². The molecule has 0 bridgehead atoms. The van der Waals surface area contributed by atoms with Crippen LogP contribution in [0.2, 0.25) is 0 Å². The highest BCUT2D eigenvalue weighted by atomic mass is 16.2. The SMILES string of the molecule is CC(C)(C(=O)Nc1ccc(C#N)cn1)c1ccccc1. The standard InChI is InChI=1S/C16H15N3O/c1-16(2,13-6-4-3-5-7-13)15(20)19-14-9-8-12(10-17)11-18-14/h3-9,11H,1-2H3,(H,18,19,20). The third-order valence-electron chi connectivity index (χ3n) is 3.20. The molecule has 100 valence electrons. The molecular formula is C16H15N3O. The van der Waals surface area contributed by atoms with Crippen LogP contribution in [0.3, 0.4) is 0 Å². The van der Waals surface area contributed by atoms with E-state index in [1.165, 1.54) is 6.20 Å². The van der Waals surface area contributed by atoms with Crippen LogP contribution in [0.15, 0.2) is 48.7 Å². The molecule has 0 spiro atoms. The number of nitrogens with zero attached hydrogens (tertiary/aromatic N) is 2. The van der Waals surface area contributed by atoms with Gasteiger partial charge in [-0.2, -0.15) is 5.26 Å². The van der Waals surface area contributed by atoms with Crippen molar-refractivity contribution in [3.05, 3.63) is 59.8 Å². The van der Waals surface area contributed by atoms with Crippen molar-refractivity contribution in [3.8, 4) is 6.07 Å². The van der Waals surface area contributed by atoms with Crippen molar-refractivity contribution in [3.63, 3.8) is 0 Å². The molecule has 1 amide bonds. The maximum Gasteiger partial charge on any atom is 0.235 e. The first-order valence-corrected chi connectivity index (χ1v) is 6.27. The summed E-state index contributed by atoms with van der Waals surface area (Å²) in [4.78, 5) is 16.4. The van der Waals surface area contributed by atoms with Gasteiger partial charge in [0.05, 0.1) is 11.0 Å². The van der Waals surface area contributed by atoms with Crippen LogP contribution in [0.4, 0.5) is 5.82 Å². The highest BCUT2D eigenvalue weighted by Crippen LogP contribution is 2.24. The number of carbonyl (C=O) groups excluding carboxylic acids is 1. The van der Waals surface area contributed by atoms with Crippen LogP contribution in [0.5, 0.6) is 0 Å². The molecule has 20 heavy (non-hydrogen) atoms. The maximum absolute atomic E-state index is 12.4. The van der Waals surface area contributed by atoms with Gasteiger partial charge >= 0.3 is 0 Å². The molecule has 1 aromatic carbocycles. The van der Waals surface area contributed by atoms with E-state index in [4.69, 9.17) is 5.26 Å². The summed E-state index contributed by atoms with van der Waals surface area (Å²) < 4.78 is 0. The Hall–Kier alpha value is -2.67. The topological polar surface area (TPSA) is 65.8 Å². The van der Waals surface area contributed by atoms with Crippen LogP contribution in [0.25, 0.3) is 0 Å². The molecule has 4 nitrogen and oxygen atoms in total. The minimum absolute atomic E-state index is 0.138. The van der Waals surface area contributed by atoms with E-state index in [9.17, 15) is 4.79 Å². The molecule has 0 saturated heterocycles. The number of hydrogen-bond acceptors (Lipinski definition) is 3. The molecule has 4 heteroatoms. The van der Waals surface area contributed by atoms with Crippen LogP contribution in [-0.2, 0) is 10.2 Å². The summed E-state index contributed by atoms with van der Waals surface area (Å²) in [5.41, 5.74) is 0.744. The monoisotopic (exact) mass is 265 g/mol. The second-order valence-corrected chi connectivity index (χ2v) is 4.99. The second-order valence-electron chi connectivity index (χ2n) is 4.99. The molecule has 1 N–H and O–H groups in total. The van der Waals surface area contributed by atoms with Crippen molar-refractivity contribution < 1.29 is 4.79 Å². The van der Waals surface area contributed by atoms with Gasteiger partial charge < -0.3 is 5.32 Å². The van der Waals surface area contributed by atoms with Crippen LogP contribution >= 0.6 is 0 Å². The van der Waals surface area contributed by atoms with Crippen molar-refractivity contribution in [1.82, 2.24) is 4.98 Å². The number of aromatic nitrogens is 1. The number of carbonyl (C=O) groups is 1. The van der Waals surface area contributed by atoms with Gasteiger partial charge in [0.25, 0.3) is 0 Å². The third-order valence-corrected chi connectivity index (χ3v) is 3.20. The summed E-state index contributed by atoms with van der Waals surface area (Å²) in [7, 11) is 0. The number of benzene rings is 1. The van der Waals surface area contributed by atoms with Gasteiger partial charge in [0.2, 0.25) is 5.91 Å². The molecule has 1 heterocycles. The summed E-state index contributed by atoms with van der Waals surface area (Å²) in [5, 5.41) is 11.5. The van der Waals surface area contributed by atoms with Crippen molar-refractivity contribution in [2.24, 2.45) is 0 Å². The first kappa shape index (κ1) is 13.8. The number of hydrogen-bond donors (Lipinski definition) is 1. The Kier molecular flexibility index (Phi) is 3.81. The maximum atomic E-state index is 12.4. The zero-order chi connectivity index (χ0) is 14.6. The van der Waals surface area contributed by atoms with Crippen molar-refractivity contribution in [2.75, 3.05) is 5.32 Å². The number of pyridine rings is 1. The average Bonchev–Trinajstić information content (AvgIpc) is 2.49. The lowest BCUT2D eigenvalue weighted by Gasteiger charge is -2.23. The molecule has 0 unspecified atom stereocenters. The van der Waals surface area contributed by atoms with Crippen molar-refractivity contribution in [1.29, 1.82) is 5.26 Å². The fraction of sp³-hybridized carbons (Fsp3) is 0.188. The van der Waals surface area contributed by atoms with E-state index in [2.05, 4.69) is 10.3 Å². The summed E-state index contributed by atoms with van der Waals surface area (Å²) in [6.45, 7) is 3.72. The second kappa shape index (κ2) is 5.54. The van der Waals surface area contributed by atoms with Crippen molar-refractivity contribution >= 4 is 11.7 Å². The number of rotatable bonds is 3. The molecule has 0 aliphatic rings. The Bertz CT molecular complexity index is 640. The Morgan fingerprint density at radius 3 is 2.45 bits per heavy atom. The highest BCUT2D eigenvalue weighted by Gasteiger charge is 2.29. The molecular weight excluding hydrogens is 250 g/mol. The van der Waals surface area contributed by atoms with Gasteiger partial charge in [0, 0.05) is 6.20 Å². The molecule has 0 atom stereocenters. The van der Waals surface area contributed by atoms with E-state index in [1.807, 2.05) is 50.2 Å². The number of nitriles is 1. The summed E-state index contributed by atoms with van der Waals surface area (Å²) in [5.74, 6) is 0.305. The molecule has 1 aromatic heterocycles. The van der Waals surface area contributed by atoms with E-state index in [0.29, 0.717) is 11.4 Å². The quantitative estimate of drug-likeness (QED) is 0.928. The Labute approximate surface area is 118 Å². The van der Waals surface area contributed by atoms with E-state index in [1.54, 1.807) is 12.1 Å². The fourth-order valence-corrected chi connectivity index (χ4v) is 1.79. The first-order chi connectivity index (χ1) is 9.54. The van der Waals surface area contributed by atoms with Gasteiger partial charge in [-0.3, -0.25) is 4.79 Å². The predicted octanol–water partition coefficient (Wildman–Crippen LogP) is 2.87. The van der Waals surface area contributed by atoms with Gasteiger partial charge in [-0.25, -0.2) is 4.98 Å². The van der Waals surface area contributed by atoms with Gasteiger partial charge in [-0.1, -0.05) is 30.3 Å². The Balaban J connectivity index is 2.17. The lowest BCUT2D eigenvalue weighted by molar-refractivity contribution is -0.120. The Morgan fingerprint density at radius 2 is 1.90 bits per heavy atom. The van der Waals surface area contributed by atoms with Crippen LogP contribution in [0, 0.1) is 11.3 Å². The zero-order valence-corrected chi connectivity index (χ0v) is 11.4. The molecule has 2 rings (SSSR count). The first-order valence-electron chi connectivity index (χ1n) is 6.27. The van der Waals surface area contributed by atoms with Gasteiger partial charge in [-0.05, 0) is 31.5 Å². The van der Waals surface area contributed by atoms with E-state index in [-0.39, 0.29) is 5.91 Å². The molecule has 0 aliphatic carbocycles. The average molecular weight is 265 g/mol. The molecule has 0 saturated carbocycles. The zero-order valence-electron chi connectivity index (χ0n) is 11.4. The smallest absolute Gasteiger partial charge is 0.235 e. The number of anilines is 1. The highest BCUT2D eigenvalue weighted by molar-refractivity contribution is 5.97. The molecule has 0 radical (unpaired) electrons. The molecule has 0 aliphatic heterocycles. The van der Waals surface area contributed by atoms with E-state index >= 15 is 0 Å². The molecule has 2 aromatic rings. The largest absolute Gasteiger partial charge is 0.310 e. The van der Waals surface area contributed by atoms with Crippen LogP contribution < -0.4 is 5.32 Å². The van der Waals surface area contributed by atoms with E-state index < -0.39 is 5.41 Å². The fourth-order valence-electron chi connectivity index (χ4n) is 1.79. The summed E-state index contributed by atoms with van der Waals surface area (Å²) in [6, 6.07) is 14.8. The lowest BCUT2D eigenvalue weighted by atomic mass is 9.84. The van der Waals surface area contributed by atoms with Gasteiger partial charge in [0.15, 0.2) is 0 Å². The lowest BCUT2D eigenvalue weighted by Crippen LogP contribution is -2.34. The van der Waals surface area contributed by atoms with E-state index in [0.717, 1.165) is 5.56 Å². The minimum atomic E-state index is -0.656. The third kappa shape index (κ3) is 2.83. The summed E-state index contributed by atoms with van der Waals surface area (Å²) >= 11 is 0. The molecule has 0 fully saturated rings. The van der Waals surface area contributed by atoms with Crippen LogP contribution in [-0.4, -0.2) is 10.9 Å². The van der Waals surface area contributed by atoms with Crippen molar-refractivity contribution in [2.45, 2.75) is 19.3 Å². The van der Waals surface area contributed by atoms with Gasteiger partial charge in [-0.15, -0.1) is 0 Å². The number of nitrogens with one attached hydrogen (secondary N) is 1. The predicted molar refractivity (Wildman–Crippen MR) is 77.0 cm³/mol.